The van der Waals surface area contributed by atoms with Gasteiger partial charge in [0.2, 0.25) is 5.91 Å². The number of hydrogen-bond acceptors (Lipinski definition) is 5. The highest BCUT2D eigenvalue weighted by molar-refractivity contribution is 5.79. The molecule has 2 unspecified atom stereocenters. The average molecular weight is 467 g/mol. The van der Waals surface area contributed by atoms with E-state index in [-0.39, 0.29) is 24.5 Å². The van der Waals surface area contributed by atoms with Crippen LogP contribution in [0.1, 0.15) is 49.1 Å². The van der Waals surface area contributed by atoms with Crippen LogP contribution in [0.2, 0.25) is 0 Å². The van der Waals surface area contributed by atoms with Crippen molar-refractivity contribution < 1.29 is 29.0 Å². The minimum Gasteiger partial charge on any atom is -0.479 e. The molecule has 1 aliphatic carbocycles. The molecule has 2 aromatic carbocycles. The topological polar surface area (TPSA) is 114 Å². The molecule has 0 radical (unpaired) electrons. The van der Waals surface area contributed by atoms with Gasteiger partial charge in [0.05, 0.1) is 6.10 Å². The zero-order chi connectivity index (χ0) is 23.9. The van der Waals surface area contributed by atoms with Crippen LogP contribution in [-0.2, 0) is 19.1 Å². The van der Waals surface area contributed by atoms with Gasteiger partial charge in [-0.1, -0.05) is 48.5 Å². The number of hydrogen-bond donors (Lipinski definition) is 3. The van der Waals surface area contributed by atoms with Crippen LogP contribution in [0.5, 0.6) is 0 Å². The van der Waals surface area contributed by atoms with E-state index in [9.17, 15) is 14.4 Å². The van der Waals surface area contributed by atoms with Gasteiger partial charge in [0.25, 0.3) is 0 Å². The zero-order valence-electron chi connectivity index (χ0n) is 19.0. The minimum atomic E-state index is -0.960. The van der Waals surface area contributed by atoms with Gasteiger partial charge in [0, 0.05) is 25.4 Å². The molecule has 8 heteroatoms. The van der Waals surface area contributed by atoms with E-state index in [2.05, 4.69) is 34.9 Å². The Balaban J connectivity index is 1.10. The maximum absolute atomic E-state index is 12.2. The molecule has 0 bridgehead atoms. The van der Waals surface area contributed by atoms with E-state index in [1.807, 2.05) is 24.3 Å². The quantitative estimate of drug-likeness (QED) is 0.462. The molecule has 1 saturated heterocycles. The second kappa shape index (κ2) is 11.2. The number of ether oxygens (including phenoxy) is 2. The predicted octanol–water partition coefficient (Wildman–Crippen LogP) is 3.44. The number of amides is 2. The summed E-state index contributed by atoms with van der Waals surface area (Å²) in [5.74, 6) is -1.04. The molecule has 8 nitrogen and oxygen atoms in total. The first-order chi connectivity index (χ1) is 16.5. The summed E-state index contributed by atoms with van der Waals surface area (Å²) in [6, 6.07) is 16.4. The monoisotopic (exact) mass is 466 g/mol. The van der Waals surface area contributed by atoms with E-state index >= 15 is 0 Å². The van der Waals surface area contributed by atoms with Crippen molar-refractivity contribution in [1.29, 1.82) is 0 Å². The van der Waals surface area contributed by atoms with Crippen molar-refractivity contribution in [2.45, 2.75) is 50.2 Å². The molecule has 180 valence electrons. The van der Waals surface area contributed by atoms with Crippen molar-refractivity contribution in [1.82, 2.24) is 10.6 Å². The summed E-state index contributed by atoms with van der Waals surface area (Å²) in [4.78, 5) is 35.0. The molecule has 1 aliphatic heterocycles. The number of benzene rings is 2. The maximum atomic E-state index is 12.2. The Bertz CT molecular complexity index is 994. The standard InChI is InChI=1S/C26H30N2O6/c29-24(28-15-17-12-13-23(34-17)25(30)31)11-5-6-14-27-26(32)33-16-22-20-9-3-1-7-18(20)19-8-2-4-10-21(19)22/h1-4,7-10,17,22-23H,5-6,11-16H2,(H,27,32)(H,28,29)(H,30,31). The van der Waals surface area contributed by atoms with Gasteiger partial charge < -0.3 is 25.2 Å². The third kappa shape index (κ3) is 5.75. The lowest BCUT2D eigenvalue weighted by Crippen LogP contribution is -2.33. The molecule has 2 aromatic rings. The van der Waals surface area contributed by atoms with Crippen LogP contribution in [0.4, 0.5) is 4.79 Å². The largest absolute Gasteiger partial charge is 0.479 e. The molecule has 0 aromatic heterocycles. The summed E-state index contributed by atoms with van der Waals surface area (Å²) in [6.45, 7) is 1.02. The number of aliphatic carboxylic acids is 1. The number of rotatable bonds is 10. The lowest BCUT2D eigenvalue weighted by atomic mass is 9.98. The molecular weight excluding hydrogens is 436 g/mol. The fraction of sp³-hybridized carbons (Fsp3) is 0.423. The first kappa shape index (κ1) is 23.8. The number of alkyl carbamates (subject to hydrolysis) is 1. The van der Waals surface area contributed by atoms with Gasteiger partial charge >= 0.3 is 12.1 Å². The Kier molecular flexibility index (Phi) is 7.80. The summed E-state index contributed by atoms with van der Waals surface area (Å²) >= 11 is 0. The van der Waals surface area contributed by atoms with Crippen LogP contribution < -0.4 is 10.6 Å². The van der Waals surface area contributed by atoms with E-state index < -0.39 is 18.2 Å². The highest BCUT2D eigenvalue weighted by Gasteiger charge is 2.30. The zero-order valence-corrected chi connectivity index (χ0v) is 19.0. The van der Waals surface area contributed by atoms with Crippen molar-refractivity contribution in [2.75, 3.05) is 19.7 Å². The van der Waals surface area contributed by atoms with Crippen LogP contribution in [-0.4, -0.2) is 55.0 Å². The van der Waals surface area contributed by atoms with Gasteiger partial charge in [-0.3, -0.25) is 4.79 Å². The molecule has 3 N–H and O–H groups in total. The maximum Gasteiger partial charge on any atom is 0.407 e. The number of nitrogens with one attached hydrogen (secondary N) is 2. The van der Waals surface area contributed by atoms with E-state index in [0.717, 1.165) is 0 Å². The minimum absolute atomic E-state index is 0.0245. The van der Waals surface area contributed by atoms with Gasteiger partial charge in [-0.25, -0.2) is 9.59 Å². The van der Waals surface area contributed by atoms with Gasteiger partial charge in [-0.05, 0) is 47.9 Å². The fourth-order valence-corrected chi connectivity index (χ4v) is 4.60. The van der Waals surface area contributed by atoms with Gasteiger partial charge in [0.15, 0.2) is 6.10 Å². The highest BCUT2D eigenvalue weighted by Crippen LogP contribution is 2.44. The lowest BCUT2D eigenvalue weighted by Gasteiger charge is -2.14. The van der Waals surface area contributed by atoms with Crippen LogP contribution in [0.3, 0.4) is 0 Å². The fourth-order valence-electron chi connectivity index (χ4n) is 4.60. The first-order valence-electron chi connectivity index (χ1n) is 11.8. The third-order valence-corrected chi connectivity index (χ3v) is 6.35. The Labute approximate surface area is 198 Å². The van der Waals surface area contributed by atoms with Gasteiger partial charge in [-0.2, -0.15) is 0 Å². The molecule has 2 atom stereocenters. The third-order valence-electron chi connectivity index (χ3n) is 6.35. The second-order valence-corrected chi connectivity index (χ2v) is 8.68. The molecule has 1 heterocycles. The van der Waals surface area contributed by atoms with Crippen molar-refractivity contribution in [3.63, 3.8) is 0 Å². The number of fused-ring (bicyclic) bond motifs is 3. The van der Waals surface area contributed by atoms with Crippen LogP contribution in [0, 0.1) is 0 Å². The first-order valence-corrected chi connectivity index (χ1v) is 11.8. The van der Waals surface area contributed by atoms with Crippen LogP contribution >= 0.6 is 0 Å². The Hall–Kier alpha value is -3.39. The summed E-state index contributed by atoms with van der Waals surface area (Å²) < 4.78 is 10.9. The number of carbonyl (C=O) groups is 3. The van der Waals surface area contributed by atoms with E-state index in [1.165, 1.54) is 22.3 Å². The summed E-state index contributed by atoms with van der Waals surface area (Å²) in [5.41, 5.74) is 4.71. The smallest absolute Gasteiger partial charge is 0.407 e. The number of unbranched alkanes of at least 4 members (excludes halogenated alkanes) is 1. The Morgan fingerprint density at radius 2 is 1.62 bits per heavy atom. The number of carboxylic acid groups (broad SMARTS) is 1. The van der Waals surface area contributed by atoms with E-state index in [4.69, 9.17) is 14.6 Å². The van der Waals surface area contributed by atoms with Crippen molar-refractivity contribution in [2.24, 2.45) is 0 Å². The Morgan fingerprint density at radius 1 is 0.941 bits per heavy atom. The van der Waals surface area contributed by atoms with Gasteiger partial charge in [0.1, 0.15) is 6.61 Å². The lowest BCUT2D eigenvalue weighted by molar-refractivity contribution is -0.149. The molecule has 0 saturated carbocycles. The summed E-state index contributed by atoms with van der Waals surface area (Å²) in [5, 5.41) is 14.5. The average Bonchev–Trinajstić information content (AvgIpc) is 3.44. The normalized spacial score (nSPS) is 18.7. The molecule has 1 fully saturated rings. The molecule has 4 rings (SSSR count). The van der Waals surface area contributed by atoms with E-state index in [0.29, 0.717) is 45.2 Å². The Morgan fingerprint density at radius 3 is 2.26 bits per heavy atom. The summed E-state index contributed by atoms with van der Waals surface area (Å²) in [7, 11) is 0. The molecule has 2 amide bonds. The summed E-state index contributed by atoms with van der Waals surface area (Å²) in [6.07, 6.45) is 1.22. The highest BCUT2D eigenvalue weighted by atomic mass is 16.5. The van der Waals surface area contributed by atoms with Crippen molar-refractivity contribution in [3.8, 4) is 11.1 Å². The molecule has 2 aliphatic rings. The molecule has 34 heavy (non-hydrogen) atoms. The number of carbonyl (C=O) groups excluding carboxylic acids is 2. The number of carboxylic acids is 1. The molecular formula is C26H30N2O6. The van der Waals surface area contributed by atoms with Crippen LogP contribution in [0.15, 0.2) is 48.5 Å². The van der Waals surface area contributed by atoms with Crippen molar-refractivity contribution >= 4 is 18.0 Å². The van der Waals surface area contributed by atoms with Crippen LogP contribution in [0.25, 0.3) is 11.1 Å². The second-order valence-electron chi connectivity index (χ2n) is 8.68. The predicted molar refractivity (Wildman–Crippen MR) is 125 cm³/mol. The SMILES string of the molecule is O=C(CCCCNC(=O)OCC1c2ccccc2-c2ccccc21)NCC1CCC(C(=O)O)O1. The van der Waals surface area contributed by atoms with E-state index in [1.54, 1.807) is 0 Å². The van der Waals surface area contributed by atoms with Crippen molar-refractivity contribution in [3.05, 3.63) is 59.7 Å². The molecule has 0 spiro atoms. The van der Waals surface area contributed by atoms with Gasteiger partial charge in [-0.15, -0.1) is 0 Å².